The molecule has 4 heteroatoms. The quantitative estimate of drug-likeness (QED) is 0.184. The van der Waals surface area contributed by atoms with Crippen LogP contribution in [0.15, 0.2) is 158 Å². The maximum atomic E-state index is 13.9. The number of fused-ring (bicyclic) bond motifs is 1. The summed E-state index contributed by atoms with van der Waals surface area (Å²) < 4.78 is 0. The molecule has 224 valence electrons. The van der Waals surface area contributed by atoms with Crippen LogP contribution in [-0.4, -0.2) is 11.8 Å². The monoisotopic (exact) mass is 598 g/mol. The predicted molar refractivity (Wildman–Crippen MR) is 185 cm³/mol. The van der Waals surface area contributed by atoms with Gasteiger partial charge in [-0.15, -0.1) is 0 Å². The Bertz CT molecular complexity index is 1810. The van der Waals surface area contributed by atoms with Gasteiger partial charge in [0.1, 0.15) is 0 Å². The molecule has 6 aromatic carbocycles. The molecule has 2 amide bonds. The number of benzene rings is 6. The molecular weight excluding hydrogens is 564 g/mol. The van der Waals surface area contributed by atoms with E-state index in [1.807, 2.05) is 109 Å². The van der Waals surface area contributed by atoms with Crippen LogP contribution in [0.1, 0.15) is 35.1 Å². The molecule has 8 rings (SSSR count). The van der Waals surface area contributed by atoms with E-state index in [2.05, 4.69) is 59.2 Å². The molecule has 0 bridgehead atoms. The largest absolute Gasteiger partial charge is 0.325 e. The predicted octanol–water partition coefficient (Wildman–Crippen LogP) is 8.73. The zero-order valence-electron chi connectivity index (χ0n) is 25.4. The number of hydrogen-bond acceptors (Lipinski definition) is 2. The summed E-state index contributed by atoms with van der Waals surface area (Å²) in [6, 6.07) is 53.1. The summed E-state index contributed by atoms with van der Waals surface area (Å²) >= 11 is 0. The van der Waals surface area contributed by atoms with Crippen molar-refractivity contribution in [2.75, 3.05) is 10.6 Å². The van der Waals surface area contributed by atoms with E-state index < -0.39 is 0 Å². The van der Waals surface area contributed by atoms with Crippen LogP contribution in [0.2, 0.25) is 0 Å². The van der Waals surface area contributed by atoms with Crippen LogP contribution in [0.5, 0.6) is 0 Å². The summed E-state index contributed by atoms with van der Waals surface area (Å²) in [6.07, 6.45) is 1.51. The minimum atomic E-state index is -0.343. The van der Waals surface area contributed by atoms with E-state index in [1.54, 1.807) is 0 Å². The Labute approximate surface area is 269 Å². The average molecular weight is 599 g/mol. The molecule has 4 nitrogen and oxygen atoms in total. The Morgan fingerprint density at radius 3 is 1.02 bits per heavy atom. The molecule has 6 aromatic rings. The first-order valence-electron chi connectivity index (χ1n) is 16.0. The van der Waals surface area contributed by atoms with Gasteiger partial charge < -0.3 is 10.6 Å². The minimum absolute atomic E-state index is 0.00290. The number of hydrogen-bond donors (Lipinski definition) is 2. The van der Waals surface area contributed by atoms with Crippen LogP contribution < -0.4 is 10.6 Å². The second-order valence-corrected chi connectivity index (χ2v) is 12.6. The molecule has 0 heterocycles. The van der Waals surface area contributed by atoms with E-state index in [0.29, 0.717) is 0 Å². The lowest BCUT2D eigenvalue weighted by Gasteiger charge is -2.20. The fourth-order valence-corrected chi connectivity index (χ4v) is 7.68. The molecule has 0 saturated heterocycles. The van der Waals surface area contributed by atoms with Gasteiger partial charge in [0.15, 0.2) is 0 Å². The minimum Gasteiger partial charge on any atom is -0.325 e. The van der Waals surface area contributed by atoms with E-state index >= 15 is 0 Å². The van der Waals surface area contributed by atoms with Gasteiger partial charge in [0.2, 0.25) is 11.8 Å². The number of carbonyl (C=O) groups excluding carboxylic acids is 2. The standard InChI is InChI=1S/C42H34N2O2/c45-39(35-27-41(35,29-15-5-1-6-16-29)30-17-7-2-8-18-30)43-37-25-13-24-34-33(37)23-14-26-38(34)44-40(46)36-28-42(36,31-19-9-3-10-20-31)32-21-11-4-12-22-32/h1-26,35-36H,27-28H2,(H,43,45)(H,44,46)/t35-,36+. The van der Waals surface area contributed by atoms with Crippen molar-refractivity contribution in [3.8, 4) is 0 Å². The summed E-state index contributed by atoms with van der Waals surface area (Å²) in [4.78, 5) is 27.8. The first-order chi connectivity index (χ1) is 22.6. The van der Waals surface area contributed by atoms with Crippen molar-refractivity contribution in [1.82, 2.24) is 0 Å². The normalized spacial score (nSPS) is 18.8. The molecule has 46 heavy (non-hydrogen) atoms. The average Bonchev–Trinajstić information content (AvgIpc) is 4.05. The van der Waals surface area contributed by atoms with Gasteiger partial charge in [-0.05, 0) is 47.2 Å². The Morgan fingerprint density at radius 2 is 0.717 bits per heavy atom. The highest BCUT2D eigenvalue weighted by atomic mass is 16.2. The van der Waals surface area contributed by atoms with Crippen molar-refractivity contribution >= 4 is 34.0 Å². The van der Waals surface area contributed by atoms with E-state index in [4.69, 9.17) is 0 Å². The molecule has 0 unspecified atom stereocenters. The van der Waals surface area contributed by atoms with Crippen molar-refractivity contribution in [2.24, 2.45) is 11.8 Å². The summed E-state index contributed by atoms with van der Waals surface area (Å²) in [5.41, 5.74) is 5.44. The molecule has 2 atom stereocenters. The number of amides is 2. The van der Waals surface area contributed by atoms with Crippen LogP contribution in [0.25, 0.3) is 10.8 Å². The zero-order valence-corrected chi connectivity index (χ0v) is 25.4. The fourth-order valence-electron chi connectivity index (χ4n) is 7.68. The van der Waals surface area contributed by atoms with Gasteiger partial charge in [-0.2, -0.15) is 0 Å². The number of anilines is 2. The first kappa shape index (κ1) is 28.0. The molecule has 0 spiro atoms. The third-order valence-electron chi connectivity index (χ3n) is 10.1. The Hall–Kier alpha value is -5.48. The van der Waals surface area contributed by atoms with Crippen LogP contribution in [0.3, 0.4) is 0 Å². The van der Waals surface area contributed by atoms with Crippen LogP contribution in [-0.2, 0) is 20.4 Å². The molecule has 2 fully saturated rings. The summed E-state index contributed by atoms with van der Waals surface area (Å²) in [5, 5.41) is 8.31. The van der Waals surface area contributed by atoms with Crippen LogP contribution in [0, 0.1) is 11.8 Å². The molecule has 0 aromatic heterocycles. The van der Waals surface area contributed by atoms with Crippen molar-refractivity contribution in [2.45, 2.75) is 23.7 Å². The van der Waals surface area contributed by atoms with Gasteiger partial charge in [-0.3, -0.25) is 9.59 Å². The van der Waals surface area contributed by atoms with Gasteiger partial charge >= 0.3 is 0 Å². The van der Waals surface area contributed by atoms with Crippen molar-refractivity contribution < 1.29 is 9.59 Å². The zero-order chi connectivity index (χ0) is 31.1. The molecule has 2 aliphatic rings. The van der Waals surface area contributed by atoms with E-state index in [9.17, 15) is 9.59 Å². The highest BCUT2D eigenvalue weighted by molar-refractivity contribution is 6.10. The highest BCUT2D eigenvalue weighted by Crippen LogP contribution is 2.60. The lowest BCUT2D eigenvalue weighted by atomic mass is 9.85. The third kappa shape index (κ3) is 4.60. The van der Waals surface area contributed by atoms with Crippen LogP contribution >= 0.6 is 0 Å². The fraction of sp³-hybridized carbons (Fsp3) is 0.143. The van der Waals surface area contributed by atoms with Gasteiger partial charge in [-0.1, -0.05) is 146 Å². The van der Waals surface area contributed by atoms with Gasteiger partial charge in [-0.25, -0.2) is 0 Å². The number of carbonyl (C=O) groups is 2. The van der Waals surface area contributed by atoms with Crippen LogP contribution in [0.4, 0.5) is 11.4 Å². The van der Waals surface area contributed by atoms with Crippen molar-refractivity contribution in [3.05, 3.63) is 180 Å². The molecule has 2 aliphatic carbocycles. The molecule has 0 radical (unpaired) electrons. The van der Waals surface area contributed by atoms with Crippen molar-refractivity contribution in [1.29, 1.82) is 0 Å². The van der Waals surface area contributed by atoms with Gasteiger partial charge in [0, 0.05) is 33.0 Å². The number of nitrogens with one attached hydrogen (secondary N) is 2. The van der Waals surface area contributed by atoms with Gasteiger partial charge in [0.05, 0.1) is 11.8 Å². The molecular formula is C42H34N2O2. The first-order valence-corrected chi connectivity index (χ1v) is 16.0. The smallest absolute Gasteiger partial charge is 0.228 e. The topological polar surface area (TPSA) is 58.2 Å². The summed E-state index contributed by atoms with van der Waals surface area (Å²) in [5.74, 6) is -0.366. The second kappa shape index (κ2) is 11.1. The Morgan fingerprint density at radius 1 is 0.413 bits per heavy atom. The molecule has 0 aliphatic heterocycles. The maximum Gasteiger partial charge on any atom is 0.228 e. The Balaban J connectivity index is 1.06. The summed E-state index contributed by atoms with van der Waals surface area (Å²) in [7, 11) is 0. The third-order valence-corrected chi connectivity index (χ3v) is 10.1. The maximum absolute atomic E-state index is 13.9. The van der Waals surface area contributed by atoms with Gasteiger partial charge in [0.25, 0.3) is 0 Å². The highest BCUT2D eigenvalue weighted by Gasteiger charge is 2.61. The van der Waals surface area contributed by atoms with Crippen molar-refractivity contribution in [3.63, 3.8) is 0 Å². The Kier molecular flexibility index (Phi) is 6.79. The van der Waals surface area contributed by atoms with E-state index in [0.717, 1.165) is 57.2 Å². The number of rotatable bonds is 8. The SMILES string of the molecule is O=C(Nc1cccc2c(NC(=O)[C@@H]3CC3(c3ccccc3)c3ccccc3)cccc12)[C@H]1CC1(c1ccccc1)c1ccccc1. The summed E-state index contributed by atoms with van der Waals surface area (Å²) in [6.45, 7) is 0. The lowest BCUT2D eigenvalue weighted by molar-refractivity contribution is -0.118. The molecule has 2 saturated carbocycles. The van der Waals surface area contributed by atoms with E-state index in [-0.39, 0.29) is 34.5 Å². The van der Waals surface area contributed by atoms with E-state index in [1.165, 1.54) is 0 Å². The lowest BCUT2D eigenvalue weighted by Crippen LogP contribution is -2.23. The second-order valence-electron chi connectivity index (χ2n) is 12.6. The molecule has 2 N–H and O–H groups in total.